The average molecular weight is 420 g/mol. The van der Waals surface area contributed by atoms with Gasteiger partial charge in [0.1, 0.15) is 0 Å². The van der Waals surface area contributed by atoms with Crippen LogP contribution in [0.1, 0.15) is 52.0 Å². The number of rotatable bonds is 10. The van der Waals surface area contributed by atoms with Gasteiger partial charge in [0, 0.05) is 0 Å². The number of ether oxygens (including phenoxy) is 1. The molecule has 1 atom stereocenters. The molecule has 3 heteroatoms. The standard InChI is InChI=1S/C23H35NOSe/c1-19(2)9-7-10-20(3)14-16-26-23-13-6-5-11-21(23)17-24-15-8-12-22(24)18-25-4/h5-6,9,11,13-14,22H,7-8,10,12,15-18H2,1-4H3/b20-14+/t22-/m0/s1. The molecule has 1 aliphatic rings. The Labute approximate surface area is 166 Å². The molecule has 1 saturated heterocycles. The Morgan fingerprint density at radius 3 is 2.81 bits per heavy atom. The maximum atomic E-state index is 5.41. The van der Waals surface area contributed by atoms with Gasteiger partial charge < -0.3 is 0 Å². The zero-order valence-corrected chi connectivity index (χ0v) is 18.7. The topological polar surface area (TPSA) is 12.5 Å². The molecule has 0 aromatic heterocycles. The second-order valence-corrected chi connectivity index (χ2v) is 9.74. The van der Waals surface area contributed by atoms with Crippen molar-refractivity contribution in [3.05, 3.63) is 53.1 Å². The van der Waals surface area contributed by atoms with Gasteiger partial charge in [-0.1, -0.05) is 0 Å². The summed E-state index contributed by atoms with van der Waals surface area (Å²) in [6.45, 7) is 9.78. The van der Waals surface area contributed by atoms with Crippen LogP contribution < -0.4 is 4.46 Å². The predicted octanol–water partition coefficient (Wildman–Crippen LogP) is 4.74. The van der Waals surface area contributed by atoms with Crippen LogP contribution in [0.2, 0.25) is 5.32 Å². The van der Waals surface area contributed by atoms with Crippen LogP contribution >= 0.6 is 0 Å². The van der Waals surface area contributed by atoms with Crippen molar-refractivity contribution in [1.82, 2.24) is 4.90 Å². The molecule has 2 rings (SSSR count). The van der Waals surface area contributed by atoms with Crippen molar-refractivity contribution in [3.63, 3.8) is 0 Å². The molecule has 0 bridgehead atoms. The van der Waals surface area contributed by atoms with Crippen molar-refractivity contribution in [1.29, 1.82) is 0 Å². The summed E-state index contributed by atoms with van der Waals surface area (Å²) in [5.74, 6) is 0. The summed E-state index contributed by atoms with van der Waals surface area (Å²) < 4.78 is 6.98. The van der Waals surface area contributed by atoms with Crippen molar-refractivity contribution >= 4 is 19.4 Å². The predicted molar refractivity (Wildman–Crippen MR) is 114 cm³/mol. The molecule has 1 fully saturated rings. The minimum atomic E-state index is 0.519. The van der Waals surface area contributed by atoms with Crippen LogP contribution in [0.15, 0.2) is 47.6 Å². The van der Waals surface area contributed by atoms with E-state index >= 15 is 0 Å². The number of hydrogen-bond donors (Lipinski definition) is 0. The molecule has 2 nitrogen and oxygen atoms in total. The zero-order valence-electron chi connectivity index (χ0n) is 17.0. The first-order valence-electron chi connectivity index (χ1n) is 9.83. The first kappa shape index (κ1) is 21.4. The van der Waals surface area contributed by atoms with Gasteiger partial charge in [0.2, 0.25) is 0 Å². The summed E-state index contributed by atoms with van der Waals surface area (Å²) in [6.07, 6.45) is 9.73. The number of allylic oxidation sites excluding steroid dienone is 4. The first-order valence-corrected chi connectivity index (χ1v) is 11.9. The molecule has 0 spiro atoms. The third-order valence-corrected chi connectivity index (χ3v) is 7.15. The normalized spacial score (nSPS) is 18.3. The van der Waals surface area contributed by atoms with Crippen LogP contribution in [-0.2, 0) is 11.3 Å². The average Bonchev–Trinajstić information content (AvgIpc) is 3.03. The number of methoxy groups -OCH3 is 1. The van der Waals surface area contributed by atoms with Gasteiger partial charge in [-0.3, -0.25) is 0 Å². The van der Waals surface area contributed by atoms with E-state index in [1.165, 1.54) is 54.3 Å². The van der Waals surface area contributed by atoms with Gasteiger partial charge >= 0.3 is 167 Å². The van der Waals surface area contributed by atoms with E-state index in [0.29, 0.717) is 21.0 Å². The second kappa shape index (κ2) is 11.8. The summed E-state index contributed by atoms with van der Waals surface area (Å²) in [5.41, 5.74) is 4.47. The molecular weight excluding hydrogens is 385 g/mol. The Morgan fingerprint density at radius 1 is 1.23 bits per heavy atom. The number of likely N-dealkylation sites (tertiary alicyclic amines) is 1. The van der Waals surface area contributed by atoms with Gasteiger partial charge in [-0.2, -0.15) is 0 Å². The Bertz CT molecular complexity index is 604. The van der Waals surface area contributed by atoms with Crippen molar-refractivity contribution in [3.8, 4) is 0 Å². The fraction of sp³-hybridized carbons (Fsp3) is 0.565. The molecule has 1 aliphatic heterocycles. The van der Waals surface area contributed by atoms with Crippen LogP contribution in [0.4, 0.5) is 0 Å². The van der Waals surface area contributed by atoms with E-state index in [2.05, 4.69) is 62.1 Å². The molecule has 144 valence electrons. The quantitative estimate of drug-likeness (QED) is 0.401. The zero-order chi connectivity index (χ0) is 18.8. The van der Waals surface area contributed by atoms with Crippen LogP contribution in [0.25, 0.3) is 0 Å². The van der Waals surface area contributed by atoms with E-state index in [0.717, 1.165) is 13.2 Å². The third-order valence-electron chi connectivity index (χ3n) is 4.97. The van der Waals surface area contributed by atoms with Crippen LogP contribution in [0, 0.1) is 0 Å². The van der Waals surface area contributed by atoms with Crippen LogP contribution in [0.5, 0.6) is 0 Å². The summed E-state index contributed by atoms with van der Waals surface area (Å²) in [4.78, 5) is 2.61. The van der Waals surface area contributed by atoms with Crippen molar-refractivity contribution in [2.45, 2.75) is 64.4 Å². The van der Waals surface area contributed by atoms with Gasteiger partial charge in [0.05, 0.1) is 0 Å². The summed E-state index contributed by atoms with van der Waals surface area (Å²) in [6, 6.07) is 9.64. The van der Waals surface area contributed by atoms with Gasteiger partial charge in [0.25, 0.3) is 0 Å². The van der Waals surface area contributed by atoms with E-state index in [4.69, 9.17) is 4.74 Å². The summed E-state index contributed by atoms with van der Waals surface area (Å²) in [7, 11) is 1.82. The fourth-order valence-electron chi connectivity index (χ4n) is 3.44. The second-order valence-electron chi connectivity index (χ2n) is 7.51. The fourth-order valence-corrected chi connectivity index (χ4v) is 5.63. The molecule has 0 unspecified atom stereocenters. The van der Waals surface area contributed by atoms with E-state index < -0.39 is 0 Å². The molecule has 0 radical (unpaired) electrons. The van der Waals surface area contributed by atoms with Crippen molar-refractivity contribution in [2.75, 3.05) is 20.3 Å². The van der Waals surface area contributed by atoms with Crippen molar-refractivity contribution in [2.24, 2.45) is 0 Å². The third kappa shape index (κ3) is 7.40. The molecular formula is C23H35NOSe. The maximum absolute atomic E-state index is 5.41. The number of benzene rings is 1. The Hall–Kier alpha value is -0.861. The molecule has 1 heterocycles. The van der Waals surface area contributed by atoms with E-state index in [1.807, 2.05) is 7.11 Å². The SMILES string of the molecule is COC[C@@H]1CCCN1Cc1ccccc1[Se]C/C=C(\C)CCC=C(C)C. The molecule has 26 heavy (non-hydrogen) atoms. The van der Waals surface area contributed by atoms with Crippen LogP contribution in [-0.4, -0.2) is 46.2 Å². The molecule has 0 saturated carbocycles. The number of nitrogens with zero attached hydrogens (tertiary/aromatic N) is 1. The summed E-state index contributed by atoms with van der Waals surface area (Å²) >= 11 is 0.519. The van der Waals surface area contributed by atoms with E-state index in [-0.39, 0.29) is 0 Å². The van der Waals surface area contributed by atoms with Crippen molar-refractivity contribution < 1.29 is 4.74 Å². The molecule has 0 amide bonds. The Morgan fingerprint density at radius 2 is 2.04 bits per heavy atom. The van der Waals surface area contributed by atoms with Gasteiger partial charge in [-0.15, -0.1) is 0 Å². The first-order chi connectivity index (χ1) is 12.6. The minimum absolute atomic E-state index is 0.519. The van der Waals surface area contributed by atoms with E-state index in [9.17, 15) is 0 Å². The number of hydrogen-bond acceptors (Lipinski definition) is 2. The summed E-state index contributed by atoms with van der Waals surface area (Å²) in [5, 5.41) is 1.20. The van der Waals surface area contributed by atoms with Crippen LogP contribution in [0.3, 0.4) is 0 Å². The van der Waals surface area contributed by atoms with Gasteiger partial charge in [0.15, 0.2) is 0 Å². The molecule has 0 N–H and O–H groups in total. The molecule has 1 aromatic rings. The Kier molecular flexibility index (Phi) is 9.70. The van der Waals surface area contributed by atoms with Gasteiger partial charge in [-0.05, 0) is 0 Å². The van der Waals surface area contributed by atoms with E-state index in [1.54, 1.807) is 4.46 Å². The molecule has 0 aliphatic carbocycles. The van der Waals surface area contributed by atoms with Gasteiger partial charge in [-0.25, -0.2) is 0 Å². The molecule has 1 aromatic carbocycles. The monoisotopic (exact) mass is 421 g/mol. The Balaban J connectivity index is 1.89.